The van der Waals surface area contributed by atoms with E-state index in [0.29, 0.717) is 15.1 Å². The van der Waals surface area contributed by atoms with Gasteiger partial charge in [0, 0.05) is 10.6 Å². The Hall–Kier alpha value is -2.07. The first-order valence-electron chi connectivity index (χ1n) is 8.86. The topological polar surface area (TPSA) is 68.2 Å². The smallest absolute Gasteiger partial charge is 0.306 e. The van der Waals surface area contributed by atoms with E-state index in [1.54, 1.807) is 42.2 Å². The summed E-state index contributed by atoms with van der Waals surface area (Å²) in [6.07, 6.45) is 2.94. The predicted octanol–water partition coefficient (Wildman–Crippen LogP) is 5.10. The maximum Gasteiger partial charge on any atom is 0.347 e. The number of rotatable bonds is 5. The second-order valence-electron chi connectivity index (χ2n) is 6.85. The minimum atomic E-state index is -0.759. The first-order chi connectivity index (χ1) is 13.8. The molecule has 1 aliphatic rings. The van der Waals surface area contributed by atoms with Crippen LogP contribution in [0.1, 0.15) is 19.4 Å². The van der Waals surface area contributed by atoms with Crippen LogP contribution >= 0.6 is 35.7 Å². The number of anilines is 1. The average molecular weight is 447 g/mol. The molecular weight excluding hydrogens is 424 g/mol. The van der Waals surface area contributed by atoms with E-state index in [1.165, 1.54) is 16.8 Å². The van der Waals surface area contributed by atoms with Crippen molar-refractivity contribution in [3.05, 3.63) is 60.2 Å². The van der Waals surface area contributed by atoms with Crippen molar-refractivity contribution in [2.75, 3.05) is 11.6 Å². The molecule has 9 heteroatoms. The Morgan fingerprint density at radius 3 is 2.55 bits per heavy atom. The molecule has 2 aromatic rings. The average Bonchev–Trinajstić information content (AvgIpc) is 2.94. The van der Waals surface area contributed by atoms with Gasteiger partial charge in [-0.2, -0.15) is 10.2 Å². The molecule has 0 bridgehead atoms. The van der Waals surface area contributed by atoms with Crippen molar-refractivity contribution in [3.63, 3.8) is 0 Å². The van der Waals surface area contributed by atoms with Crippen molar-refractivity contribution in [3.8, 4) is 0 Å². The molecule has 2 amide bonds. The first kappa shape index (κ1) is 21.6. The van der Waals surface area contributed by atoms with E-state index in [0.717, 1.165) is 10.5 Å². The maximum atomic E-state index is 12.6. The monoisotopic (exact) mass is 446 g/mol. The van der Waals surface area contributed by atoms with Gasteiger partial charge in [-0.25, -0.2) is 9.80 Å². The Kier molecular flexibility index (Phi) is 6.84. The van der Waals surface area contributed by atoms with Gasteiger partial charge in [0.2, 0.25) is 0 Å². The minimum absolute atomic E-state index is 0.489. The number of hydrogen-bond donors (Lipinski definition) is 2. The lowest BCUT2D eigenvalue weighted by molar-refractivity contribution is -0.114. The summed E-state index contributed by atoms with van der Waals surface area (Å²) in [6.45, 7) is 3.83. The van der Waals surface area contributed by atoms with E-state index in [-0.39, 0.29) is 0 Å². The third-order valence-corrected chi connectivity index (χ3v) is 6.58. The second kappa shape index (κ2) is 9.17. The molecular formula is C20H22N4O2S3. The third-order valence-electron chi connectivity index (χ3n) is 4.30. The summed E-state index contributed by atoms with van der Waals surface area (Å²) in [7, 11) is 0. The SMILES string of the molecule is CSc1ccc(/C=N\N2C(=S)SC(C)(C)[C@@H]2N(O)C(=O)Nc2ccccc2)cc1. The molecule has 1 aliphatic heterocycles. The highest BCUT2D eigenvalue weighted by atomic mass is 32.2. The van der Waals surface area contributed by atoms with Gasteiger partial charge in [0.05, 0.1) is 11.0 Å². The van der Waals surface area contributed by atoms with Gasteiger partial charge in [0.25, 0.3) is 0 Å². The molecule has 1 fully saturated rings. The van der Waals surface area contributed by atoms with Crippen LogP contribution < -0.4 is 5.32 Å². The number of hydrazone groups is 1. The molecule has 2 N–H and O–H groups in total. The Bertz CT molecular complexity index is 904. The van der Waals surface area contributed by atoms with Crippen molar-refractivity contribution in [2.45, 2.75) is 29.7 Å². The summed E-state index contributed by atoms with van der Waals surface area (Å²) in [5.74, 6) is 0. The highest BCUT2D eigenvalue weighted by Gasteiger charge is 2.50. The molecule has 0 unspecified atom stereocenters. The van der Waals surface area contributed by atoms with Crippen molar-refractivity contribution in [1.82, 2.24) is 10.1 Å². The number of nitrogens with one attached hydrogen (secondary N) is 1. The molecule has 6 nitrogen and oxygen atoms in total. The van der Waals surface area contributed by atoms with Gasteiger partial charge in [-0.15, -0.1) is 11.8 Å². The van der Waals surface area contributed by atoms with Crippen LogP contribution in [0.5, 0.6) is 0 Å². The minimum Gasteiger partial charge on any atom is -0.306 e. The molecule has 3 rings (SSSR count). The van der Waals surface area contributed by atoms with Crippen LogP contribution in [0, 0.1) is 0 Å². The number of amides is 2. The maximum absolute atomic E-state index is 12.6. The number of thioether (sulfide) groups is 2. The Balaban J connectivity index is 1.80. The number of nitrogens with zero attached hydrogens (tertiary/aromatic N) is 3. The summed E-state index contributed by atoms with van der Waals surface area (Å²) in [5, 5.41) is 20.0. The molecule has 152 valence electrons. The van der Waals surface area contributed by atoms with Crippen LogP contribution in [-0.2, 0) is 0 Å². The van der Waals surface area contributed by atoms with E-state index in [2.05, 4.69) is 10.4 Å². The molecule has 0 radical (unpaired) electrons. The number of hydroxylamine groups is 2. The van der Waals surface area contributed by atoms with E-state index in [1.807, 2.05) is 50.4 Å². The summed E-state index contributed by atoms with van der Waals surface area (Å²) in [5.41, 5.74) is 1.49. The lowest BCUT2D eigenvalue weighted by Gasteiger charge is -2.34. The largest absolute Gasteiger partial charge is 0.347 e. The second-order valence-corrected chi connectivity index (χ2v) is 10.0. The van der Waals surface area contributed by atoms with E-state index < -0.39 is 16.9 Å². The van der Waals surface area contributed by atoms with Crippen molar-refractivity contribution < 1.29 is 10.0 Å². The number of urea groups is 1. The summed E-state index contributed by atoms with van der Waals surface area (Å²) < 4.78 is -0.0663. The van der Waals surface area contributed by atoms with Gasteiger partial charge >= 0.3 is 6.03 Å². The van der Waals surface area contributed by atoms with Crippen molar-refractivity contribution >= 4 is 58.0 Å². The van der Waals surface area contributed by atoms with Gasteiger partial charge in [0.15, 0.2) is 10.5 Å². The fourth-order valence-electron chi connectivity index (χ4n) is 2.86. The van der Waals surface area contributed by atoms with E-state index >= 15 is 0 Å². The van der Waals surface area contributed by atoms with Gasteiger partial charge < -0.3 is 5.32 Å². The highest BCUT2D eigenvalue weighted by Crippen LogP contribution is 2.42. The van der Waals surface area contributed by atoms with E-state index in [4.69, 9.17) is 12.2 Å². The lowest BCUT2D eigenvalue weighted by Crippen LogP contribution is -2.54. The molecule has 0 saturated carbocycles. The van der Waals surface area contributed by atoms with Crippen LogP contribution in [0.4, 0.5) is 10.5 Å². The van der Waals surface area contributed by atoms with Gasteiger partial charge in [0.1, 0.15) is 0 Å². The number of para-hydroxylation sites is 1. The quantitative estimate of drug-likeness (QED) is 0.219. The number of thiocarbonyl (C=S) groups is 1. The first-order valence-corrected chi connectivity index (χ1v) is 11.3. The van der Waals surface area contributed by atoms with E-state index in [9.17, 15) is 10.0 Å². The molecule has 29 heavy (non-hydrogen) atoms. The number of carbonyl (C=O) groups is 1. The molecule has 1 heterocycles. The Labute approximate surface area is 184 Å². The van der Waals surface area contributed by atoms with Crippen LogP contribution in [-0.4, -0.2) is 49.0 Å². The summed E-state index contributed by atoms with van der Waals surface area (Å²) >= 11 is 8.52. The predicted molar refractivity (Wildman–Crippen MR) is 125 cm³/mol. The van der Waals surface area contributed by atoms with Crippen molar-refractivity contribution in [1.29, 1.82) is 0 Å². The number of benzene rings is 2. The zero-order valence-corrected chi connectivity index (χ0v) is 18.7. The standard InChI is InChI=1S/C20H22N4O2S3/c1-20(2)17(24(26)18(25)22-15-7-5-4-6-8-15)23(19(27)29-20)21-13-14-9-11-16(28-3)12-10-14/h4-13,17,26H,1-3H3,(H,22,25)/b21-13-/t17-/m0/s1. The number of carbonyl (C=O) groups excluding carboxylic acids is 1. The zero-order chi connectivity index (χ0) is 21.0. The Morgan fingerprint density at radius 1 is 1.28 bits per heavy atom. The van der Waals surface area contributed by atoms with Crippen LogP contribution in [0.15, 0.2) is 64.6 Å². The van der Waals surface area contributed by atoms with Crippen LogP contribution in [0.25, 0.3) is 0 Å². The molecule has 0 aromatic heterocycles. The molecule has 1 saturated heterocycles. The fraction of sp³-hybridized carbons (Fsp3) is 0.250. The van der Waals surface area contributed by atoms with Crippen LogP contribution in [0.3, 0.4) is 0 Å². The molecule has 0 aliphatic carbocycles. The third kappa shape index (κ3) is 5.11. The lowest BCUT2D eigenvalue weighted by atomic mass is 10.1. The summed E-state index contributed by atoms with van der Waals surface area (Å²) in [4.78, 5) is 13.8. The molecule has 2 aromatic carbocycles. The van der Waals surface area contributed by atoms with Crippen molar-refractivity contribution in [2.24, 2.45) is 5.10 Å². The zero-order valence-electron chi connectivity index (χ0n) is 16.3. The normalized spacial score (nSPS) is 18.3. The Morgan fingerprint density at radius 2 is 1.93 bits per heavy atom. The van der Waals surface area contributed by atoms with Gasteiger partial charge in [-0.05, 0) is 49.9 Å². The molecule has 1 atom stereocenters. The number of hydrogen-bond acceptors (Lipinski definition) is 6. The van der Waals surface area contributed by atoms with Crippen LogP contribution in [0.2, 0.25) is 0 Å². The highest BCUT2D eigenvalue weighted by molar-refractivity contribution is 8.24. The van der Waals surface area contributed by atoms with Gasteiger partial charge in [-0.1, -0.05) is 54.3 Å². The van der Waals surface area contributed by atoms with Gasteiger partial charge in [-0.3, -0.25) is 5.21 Å². The summed E-state index contributed by atoms with van der Waals surface area (Å²) in [6, 6.07) is 16.3. The molecule has 0 spiro atoms. The fourth-order valence-corrected chi connectivity index (χ4v) is 5.05.